The van der Waals surface area contributed by atoms with Gasteiger partial charge in [0.05, 0.1) is 5.41 Å². The van der Waals surface area contributed by atoms with E-state index >= 15 is 0 Å². The second-order valence-corrected chi connectivity index (χ2v) is 10.1. The number of rotatable bonds is 2. The van der Waals surface area contributed by atoms with Gasteiger partial charge < -0.3 is 0 Å². The molecule has 0 bridgehead atoms. The van der Waals surface area contributed by atoms with E-state index in [-0.39, 0.29) is 10.8 Å². The molecule has 2 aliphatic carbocycles. The Kier molecular flexibility index (Phi) is 3.92. The van der Waals surface area contributed by atoms with Crippen LogP contribution in [0.5, 0.6) is 0 Å². The van der Waals surface area contributed by atoms with Gasteiger partial charge in [-0.05, 0) is 61.7 Å². The molecule has 0 aromatic heterocycles. The summed E-state index contributed by atoms with van der Waals surface area (Å²) >= 11 is 0. The van der Waals surface area contributed by atoms with Crippen LogP contribution in [0.3, 0.4) is 0 Å². The molecule has 0 saturated carbocycles. The fourth-order valence-electron chi connectivity index (χ4n) is 6.64. The second kappa shape index (κ2) is 6.81. The molecule has 0 saturated heterocycles. The summed E-state index contributed by atoms with van der Waals surface area (Å²) in [5, 5.41) is 0. The minimum atomic E-state index is -0.339. The second-order valence-electron chi connectivity index (χ2n) is 10.1. The first-order chi connectivity index (χ1) is 16.6. The van der Waals surface area contributed by atoms with Crippen molar-refractivity contribution in [2.24, 2.45) is 0 Å². The number of hydrogen-bond donors (Lipinski definition) is 0. The van der Waals surface area contributed by atoms with Gasteiger partial charge in [0, 0.05) is 5.41 Å². The maximum absolute atomic E-state index is 2.53. The predicted octanol–water partition coefficient (Wildman–Crippen LogP) is 8.36. The predicted molar refractivity (Wildman–Crippen MR) is 141 cm³/mol. The highest BCUT2D eigenvalue weighted by Gasteiger charge is 2.48. The number of benzene rings is 5. The van der Waals surface area contributed by atoms with Crippen molar-refractivity contribution in [3.05, 3.63) is 155 Å². The van der Waals surface area contributed by atoms with E-state index < -0.39 is 0 Å². The van der Waals surface area contributed by atoms with Gasteiger partial charge in [0.1, 0.15) is 0 Å². The minimum Gasteiger partial charge on any atom is -0.0622 e. The molecule has 5 aromatic carbocycles. The SMILES string of the molecule is CC1(C)c2ccccc2-c2cc3c(cc21)C(c1ccccc1)(c1ccccc1)c1ccccc1-3. The van der Waals surface area contributed by atoms with E-state index in [2.05, 4.69) is 135 Å². The van der Waals surface area contributed by atoms with Crippen molar-refractivity contribution in [3.8, 4) is 22.3 Å². The summed E-state index contributed by atoms with van der Waals surface area (Å²) in [6.07, 6.45) is 0. The van der Waals surface area contributed by atoms with Crippen molar-refractivity contribution in [3.63, 3.8) is 0 Å². The molecule has 0 atom stereocenters. The van der Waals surface area contributed by atoms with E-state index in [0.717, 1.165) is 0 Å². The maximum atomic E-state index is 2.53. The van der Waals surface area contributed by atoms with Crippen molar-refractivity contribution in [2.45, 2.75) is 24.7 Å². The first kappa shape index (κ1) is 19.6. The molecule has 0 amide bonds. The third-order valence-electron chi connectivity index (χ3n) is 8.16. The highest BCUT2D eigenvalue weighted by atomic mass is 14.5. The smallest absolute Gasteiger partial charge is 0.0622 e. The molecule has 5 aromatic rings. The van der Waals surface area contributed by atoms with Gasteiger partial charge >= 0.3 is 0 Å². The lowest BCUT2D eigenvalue weighted by molar-refractivity contribution is 0.656. The van der Waals surface area contributed by atoms with Crippen molar-refractivity contribution >= 4 is 0 Å². The summed E-state index contributed by atoms with van der Waals surface area (Å²) in [6, 6.07) is 45.1. The topological polar surface area (TPSA) is 0 Å². The molecular weight excluding hydrogens is 408 g/mol. The monoisotopic (exact) mass is 434 g/mol. The summed E-state index contributed by atoms with van der Waals surface area (Å²) in [5.41, 5.74) is 13.3. The van der Waals surface area contributed by atoms with Crippen LogP contribution in [0.1, 0.15) is 47.2 Å². The van der Waals surface area contributed by atoms with E-state index in [1.807, 2.05) is 0 Å². The first-order valence-electron chi connectivity index (χ1n) is 12.1. The van der Waals surface area contributed by atoms with Crippen LogP contribution in [0.2, 0.25) is 0 Å². The van der Waals surface area contributed by atoms with Crippen LogP contribution < -0.4 is 0 Å². The zero-order chi connectivity index (χ0) is 22.9. The fraction of sp³-hybridized carbons (Fsp3) is 0.118. The van der Waals surface area contributed by atoms with Crippen molar-refractivity contribution in [1.29, 1.82) is 0 Å². The standard InChI is InChI=1S/C34H26/c1-33(2)29-19-11-9-17-25(29)27-21-28-26-18-10-12-20-30(26)34(32(28)22-31(27)33,23-13-5-3-6-14-23)24-15-7-4-8-16-24/h3-22H,1-2H3. The van der Waals surface area contributed by atoms with E-state index in [4.69, 9.17) is 0 Å². The molecular formula is C34H26. The molecule has 0 fully saturated rings. The van der Waals surface area contributed by atoms with Gasteiger partial charge in [0.15, 0.2) is 0 Å². The number of hydrogen-bond acceptors (Lipinski definition) is 0. The zero-order valence-corrected chi connectivity index (χ0v) is 19.5. The summed E-state index contributed by atoms with van der Waals surface area (Å²) in [4.78, 5) is 0. The van der Waals surface area contributed by atoms with Crippen LogP contribution in [0, 0.1) is 0 Å². The van der Waals surface area contributed by atoms with Crippen LogP contribution in [0.4, 0.5) is 0 Å². The number of fused-ring (bicyclic) bond motifs is 6. The summed E-state index contributed by atoms with van der Waals surface area (Å²) in [6.45, 7) is 4.75. The van der Waals surface area contributed by atoms with Crippen LogP contribution in [-0.2, 0) is 10.8 Å². The summed E-state index contributed by atoms with van der Waals surface area (Å²) < 4.78 is 0. The lowest BCUT2D eigenvalue weighted by Gasteiger charge is -2.34. The largest absolute Gasteiger partial charge is 0.0713 e. The lowest BCUT2D eigenvalue weighted by atomic mass is 9.67. The lowest BCUT2D eigenvalue weighted by Crippen LogP contribution is -2.29. The summed E-state index contributed by atoms with van der Waals surface area (Å²) in [7, 11) is 0. The normalized spacial score (nSPS) is 15.8. The molecule has 162 valence electrons. The average Bonchev–Trinajstić information content (AvgIpc) is 3.31. The molecule has 0 heterocycles. The van der Waals surface area contributed by atoms with E-state index in [9.17, 15) is 0 Å². The highest BCUT2D eigenvalue weighted by Crippen LogP contribution is 2.59. The fourth-order valence-corrected chi connectivity index (χ4v) is 6.64. The van der Waals surface area contributed by atoms with Gasteiger partial charge in [-0.25, -0.2) is 0 Å². The van der Waals surface area contributed by atoms with Gasteiger partial charge in [0.2, 0.25) is 0 Å². The Hall–Kier alpha value is -3.90. The Balaban J connectivity index is 1.65. The molecule has 0 heteroatoms. The average molecular weight is 435 g/mol. The van der Waals surface area contributed by atoms with Crippen molar-refractivity contribution < 1.29 is 0 Å². The molecule has 0 unspecified atom stereocenters. The third-order valence-corrected chi connectivity index (χ3v) is 8.16. The highest BCUT2D eigenvalue weighted by molar-refractivity contribution is 5.92. The third kappa shape index (κ3) is 2.33. The molecule has 7 rings (SSSR count). The van der Waals surface area contributed by atoms with Gasteiger partial charge in [-0.2, -0.15) is 0 Å². The van der Waals surface area contributed by atoms with Gasteiger partial charge in [-0.3, -0.25) is 0 Å². The molecule has 0 radical (unpaired) electrons. The maximum Gasteiger partial charge on any atom is 0.0713 e. The van der Waals surface area contributed by atoms with Crippen LogP contribution >= 0.6 is 0 Å². The molecule has 0 N–H and O–H groups in total. The van der Waals surface area contributed by atoms with E-state index in [0.29, 0.717) is 0 Å². The Morgan fingerprint density at radius 3 is 1.47 bits per heavy atom. The van der Waals surface area contributed by atoms with Gasteiger partial charge in [0.25, 0.3) is 0 Å². The van der Waals surface area contributed by atoms with Crippen molar-refractivity contribution in [2.75, 3.05) is 0 Å². The minimum absolute atomic E-state index is 0.0329. The molecule has 0 spiro atoms. The van der Waals surface area contributed by atoms with Crippen molar-refractivity contribution in [1.82, 2.24) is 0 Å². The molecule has 2 aliphatic rings. The Morgan fingerprint density at radius 1 is 0.382 bits per heavy atom. The molecule has 34 heavy (non-hydrogen) atoms. The van der Waals surface area contributed by atoms with Crippen LogP contribution in [0.25, 0.3) is 22.3 Å². The Bertz CT molecular complexity index is 1520. The van der Waals surface area contributed by atoms with Gasteiger partial charge in [-0.1, -0.05) is 129 Å². The van der Waals surface area contributed by atoms with Crippen LogP contribution in [0.15, 0.2) is 121 Å². The Morgan fingerprint density at radius 2 is 0.853 bits per heavy atom. The van der Waals surface area contributed by atoms with E-state index in [1.54, 1.807) is 0 Å². The van der Waals surface area contributed by atoms with E-state index in [1.165, 1.54) is 55.6 Å². The molecule has 0 nitrogen and oxygen atoms in total. The van der Waals surface area contributed by atoms with Crippen LogP contribution in [-0.4, -0.2) is 0 Å². The molecule has 0 aliphatic heterocycles. The quantitative estimate of drug-likeness (QED) is 0.257. The zero-order valence-electron chi connectivity index (χ0n) is 19.5. The first-order valence-corrected chi connectivity index (χ1v) is 12.1. The van der Waals surface area contributed by atoms with Gasteiger partial charge in [-0.15, -0.1) is 0 Å². The Labute approximate surface area is 201 Å². The summed E-state index contributed by atoms with van der Waals surface area (Å²) in [5.74, 6) is 0.